The molecule has 1 N–H and O–H groups in total. The summed E-state index contributed by atoms with van der Waals surface area (Å²) in [6.07, 6.45) is 0.0330. The van der Waals surface area contributed by atoms with Gasteiger partial charge in [-0.15, -0.1) is 0 Å². The molecule has 9 nitrogen and oxygen atoms in total. The molecule has 1 aliphatic rings. The third kappa shape index (κ3) is 3.33. The molecular formula is C12H17N5O4. The van der Waals surface area contributed by atoms with Crippen molar-refractivity contribution < 1.29 is 14.6 Å². The molecule has 0 aliphatic carbocycles. The van der Waals surface area contributed by atoms with Gasteiger partial charge in [-0.05, 0) is 19.4 Å². The number of hydrogen-bond donors (Lipinski definition) is 1. The van der Waals surface area contributed by atoms with Crippen LogP contribution in [-0.4, -0.2) is 40.0 Å². The third-order valence-electron chi connectivity index (χ3n) is 3.20. The van der Waals surface area contributed by atoms with Crippen molar-refractivity contribution in [2.24, 2.45) is 5.11 Å². The van der Waals surface area contributed by atoms with Gasteiger partial charge in [0.25, 0.3) is 5.56 Å². The maximum Gasteiger partial charge on any atom is 0.301 e. The number of aliphatic hydroxyl groups is 1. The van der Waals surface area contributed by atoms with Crippen molar-refractivity contribution in [3.05, 3.63) is 32.6 Å². The Kier molecular flexibility index (Phi) is 4.79. The molecule has 1 saturated heterocycles. The van der Waals surface area contributed by atoms with E-state index in [4.69, 9.17) is 15.0 Å². The first-order chi connectivity index (χ1) is 10.1. The third-order valence-corrected chi connectivity index (χ3v) is 3.20. The van der Waals surface area contributed by atoms with Crippen LogP contribution in [0.4, 0.5) is 0 Å². The number of nitrogens with zero attached hydrogens (tertiary/aromatic N) is 5. The van der Waals surface area contributed by atoms with E-state index in [9.17, 15) is 9.90 Å². The lowest BCUT2D eigenvalue weighted by Crippen LogP contribution is -2.24. The van der Waals surface area contributed by atoms with Crippen LogP contribution in [0.25, 0.3) is 10.4 Å². The molecule has 9 heteroatoms. The van der Waals surface area contributed by atoms with Crippen molar-refractivity contribution >= 4 is 0 Å². The minimum Gasteiger partial charge on any atom is -0.465 e. The molecule has 0 spiro atoms. The van der Waals surface area contributed by atoms with Crippen molar-refractivity contribution in [2.45, 2.75) is 38.7 Å². The normalized spacial score (nSPS) is 24.6. The quantitative estimate of drug-likeness (QED) is 0.491. The van der Waals surface area contributed by atoms with Crippen molar-refractivity contribution in [3.8, 4) is 6.01 Å². The Morgan fingerprint density at radius 1 is 1.71 bits per heavy atom. The highest BCUT2D eigenvalue weighted by molar-refractivity contribution is 5.10. The number of ether oxygens (including phenoxy) is 2. The summed E-state index contributed by atoms with van der Waals surface area (Å²) in [4.78, 5) is 18.1. The van der Waals surface area contributed by atoms with Crippen LogP contribution in [0.15, 0.2) is 16.1 Å². The summed E-state index contributed by atoms with van der Waals surface area (Å²) in [5.74, 6) is 0. The first kappa shape index (κ1) is 15.3. The molecule has 0 unspecified atom stereocenters. The maximum absolute atomic E-state index is 11.6. The summed E-state index contributed by atoms with van der Waals surface area (Å²) >= 11 is 0. The lowest BCUT2D eigenvalue weighted by molar-refractivity contribution is -0.0173. The molecule has 0 radical (unpaired) electrons. The second-order valence-electron chi connectivity index (χ2n) is 4.70. The van der Waals surface area contributed by atoms with Gasteiger partial charge in [-0.25, -0.2) is 0 Å². The second kappa shape index (κ2) is 6.57. The molecule has 2 rings (SSSR count). The fraction of sp³-hybridized carbons (Fsp3) is 0.667. The van der Waals surface area contributed by atoms with Crippen LogP contribution in [-0.2, 0) is 4.74 Å². The largest absolute Gasteiger partial charge is 0.465 e. The Labute approximate surface area is 120 Å². The van der Waals surface area contributed by atoms with Crippen LogP contribution >= 0.6 is 0 Å². The SMILES string of the molecule is CCOc1nc(=O)c(C)cn1[C@H]1C[C@H](O)[C@@H](CN=[N+]=[N-])O1. The fourth-order valence-corrected chi connectivity index (χ4v) is 2.16. The van der Waals surface area contributed by atoms with E-state index in [1.807, 2.05) is 0 Å². The molecule has 21 heavy (non-hydrogen) atoms. The van der Waals surface area contributed by atoms with Crippen molar-refractivity contribution in [1.82, 2.24) is 9.55 Å². The minimum atomic E-state index is -0.755. The van der Waals surface area contributed by atoms with E-state index in [2.05, 4.69) is 15.0 Å². The van der Waals surface area contributed by atoms with E-state index < -0.39 is 18.4 Å². The molecule has 3 atom stereocenters. The predicted molar refractivity (Wildman–Crippen MR) is 72.9 cm³/mol. The van der Waals surface area contributed by atoms with Gasteiger partial charge in [0.1, 0.15) is 6.23 Å². The van der Waals surface area contributed by atoms with Crippen molar-refractivity contribution in [1.29, 1.82) is 0 Å². The standard InChI is InChI=1S/C12H17N5O4/c1-3-20-12-15-11(19)7(2)6-17(12)10-4-8(18)9(21-10)5-14-16-13/h6,8-10,18H,3-5H2,1-2H3/t8-,9+,10+/m0/s1. The van der Waals surface area contributed by atoms with Crippen molar-refractivity contribution in [3.63, 3.8) is 0 Å². The van der Waals surface area contributed by atoms with E-state index in [1.165, 1.54) is 0 Å². The number of azide groups is 1. The molecule has 0 bridgehead atoms. The van der Waals surface area contributed by atoms with Gasteiger partial charge in [0.05, 0.1) is 25.4 Å². The molecule has 1 aliphatic heterocycles. The van der Waals surface area contributed by atoms with Crippen LogP contribution in [0.3, 0.4) is 0 Å². The van der Waals surface area contributed by atoms with Gasteiger partial charge in [0, 0.05) is 23.1 Å². The van der Waals surface area contributed by atoms with Crippen LogP contribution in [0.1, 0.15) is 25.1 Å². The average molecular weight is 295 g/mol. The van der Waals surface area contributed by atoms with E-state index in [0.717, 1.165) is 0 Å². The summed E-state index contributed by atoms with van der Waals surface area (Å²) in [6.45, 7) is 3.83. The molecule has 0 saturated carbocycles. The van der Waals surface area contributed by atoms with Crippen LogP contribution in [0.5, 0.6) is 6.01 Å². The van der Waals surface area contributed by atoms with Crippen LogP contribution in [0, 0.1) is 6.92 Å². The molecular weight excluding hydrogens is 278 g/mol. The summed E-state index contributed by atoms with van der Waals surface area (Å²) < 4.78 is 12.6. The van der Waals surface area contributed by atoms with Gasteiger partial charge in [-0.3, -0.25) is 9.36 Å². The summed E-state index contributed by atoms with van der Waals surface area (Å²) in [5.41, 5.74) is 8.42. The summed E-state index contributed by atoms with van der Waals surface area (Å²) in [5, 5.41) is 13.4. The van der Waals surface area contributed by atoms with E-state index in [1.54, 1.807) is 24.6 Å². The molecule has 114 valence electrons. The monoisotopic (exact) mass is 295 g/mol. The molecule has 0 amide bonds. The number of aromatic nitrogens is 2. The lowest BCUT2D eigenvalue weighted by Gasteiger charge is -2.19. The van der Waals surface area contributed by atoms with Crippen LogP contribution < -0.4 is 10.3 Å². The summed E-state index contributed by atoms with van der Waals surface area (Å²) in [6, 6.07) is 0.148. The van der Waals surface area contributed by atoms with E-state index in [0.29, 0.717) is 18.6 Å². The molecule has 2 heterocycles. The van der Waals surface area contributed by atoms with E-state index in [-0.39, 0.29) is 18.1 Å². The van der Waals surface area contributed by atoms with Gasteiger partial charge in [0.2, 0.25) is 0 Å². The first-order valence-electron chi connectivity index (χ1n) is 6.63. The van der Waals surface area contributed by atoms with Gasteiger partial charge in [-0.1, -0.05) is 5.11 Å². The Morgan fingerprint density at radius 2 is 2.48 bits per heavy atom. The molecule has 1 aromatic heterocycles. The second-order valence-corrected chi connectivity index (χ2v) is 4.70. The number of hydrogen-bond acceptors (Lipinski definition) is 6. The predicted octanol–water partition coefficient (Wildman–Crippen LogP) is 0.909. The van der Waals surface area contributed by atoms with Crippen molar-refractivity contribution in [2.75, 3.05) is 13.2 Å². The zero-order chi connectivity index (χ0) is 15.4. The van der Waals surface area contributed by atoms with Gasteiger partial charge in [0.15, 0.2) is 0 Å². The Hall–Kier alpha value is -2.09. The fourth-order valence-electron chi connectivity index (χ4n) is 2.16. The van der Waals surface area contributed by atoms with E-state index >= 15 is 0 Å². The highest BCUT2D eigenvalue weighted by atomic mass is 16.5. The highest BCUT2D eigenvalue weighted by Crippen LogP contribution is 2.31. The average Bonchev–Trinajstić information content (AvgIpc) is 2.81. The minimum absolute atomic E-state index is 0.0464. The zero-order valence-corrected chi connectivity index (χ0v) is 11.8. The summed E-state index contributed by atoms with van der Waals surface area (Å²) in [7, 11) is 0. The smallest absolute Gasteiger partial charge is 0.301 e. The topological polar surface area (TPSA) is 122 Å². The maximum atomic E-state index is 11.6. The lowest BCUT2D eigenvalue weighted by atomic mass is 10.2. The number of aliphatic hydroxyl groups excluding tert-OH is 1. The highest BCUT2D eigenvalue weighted by Gasteiger charge is 2.35. The van der Waals surface area contributed by atoms with Gasteiger partial charge >= 0.3 is 6.01 Å². The van der Waals surface area contributed by atoms with Gasteiger partial charge in [-0.2, -0.15) is 4.98 Å². The molecule has 1 fully saturated rings. The van der Waals surface area contributed by atoms with Crippen LogP contribution in [0.2, 0.25) is 0 Å². The first-order valence-corrected chi connectivity index (χ1v) is 6.63. The van der Waals surface area contributed by atoms with Gasteiger partial charge < -0.3 is 14.6 Å². The Balaban J connectivity index is 2.27. The molecule has 0 aromatic carbocycles. The Bertz CT molecular complexity index is 610. The Morgan fingerprint density at radius 3 is 3.14 bits per heavy atom. The number of aryl methyl sites for hydroxylation is 1. The zero-order valence-electron chi connectivity index (χ0n) is 11.8. The molecule has 1 aromatic rings. The number of rotatable bonds is 5.